The van der Waals surface area contributed by atoms with E-state index in [2.05, 4.69) is 5.32 Å². The van der Waals surface area contributed by atoms with Crippen LogP contribution in [0, 0.1) is 13.8 Å². The molecule has 1 N–H and O–H groups in total. The number of para-hydroxylation sites is 1. The first-order valence-corrected chi connectivity index (χ1v) is 7.69. The zero-order valence-corrected chi connectivity index (χ0v) is 13.9. The number of carbonyl (C=O) groups is 1. The van der Waals surface area contributed by atoms with Gasteiger partial charge >= 0.3 is 0 Å². The van der Waals surface area contributed by atoms with Gasteiger partial charge in [-0.15, -0.1) is 0 Å². The Morgan fingerprint density at radius 3 is 2.57 bits per heavy atom. The van der Waals surface area contributed by atoms with E-state index in [1.54, 1.807) is 7.11 Å². The molecule has 0 aliphatic heterocycles. The molecule has 0 bridgehead atoms. The lowest BCUT2D eigenvalue weighted by Gasteiger charge is -2.11. The Kier molecular flexibility index (Phi) is 6.03. The summed E-state index contributed by atoms with van der Waals surface area (Å²) in [5, 5.41) is 2.87. The number of rotatable bonds is 7. The molecule has 0 heterocycles. The highest BCUT2D eigenvalue weighted by Gasteiger charge is 2.07. The first-order chi connectivity index (χ1) is 11.1. The number of hydrogen-bond acceptors (Lipinski definition) is 3. The summed E-state index contributed by atoms with van der Waals surface area (Å²) in [6, 6.07) is 13.6. The molecule has 2 aromatic carbocycles. The summed E-state index contributed by atoms with van der Waals surface area (Å²) in [4.78, 5) is 11.9. The molecule has 0 aliphatic carbocycles. The molecule has 0 saturated carbocycles. The fourth-order valence-corrected chi connectivity index (χ4v) is 2.32. The first kappa shape index (κ1) is 16.9. The largest absolute Gasteiger partial charge is 0.496 e. The molecule has 4 heteroatoms. The lowest BCUT2D eigenvalue weighted by atomic mass is 10.1. The van der Waals surface area contributed by atoms with Crippen molar-refractivity contribution in [2.45, 2.75) is 20.3 Å². The minimum Gasteiger partial charge on any atom is -0.496 e. The standard InChI is InChI=1S/C19H23NO3/c1-14-7-6-10-17(15(14)2)23-13-19(21)20-12-11-16-8-4-5-9-18(16)22-3/h4-10H,11-13H2,1-3H3,(H,20,21). The second kappa shape index (κ2) is 8.22. The van der Waals surface area contributed by atoms with E-state index in [4.69, 9.17) is 9.47 Å². The summed E-state index contributed by atoms with van der Waals surface area (Å²) in [5.74, 6) is 1.47. The van der Waals surface area contributed by atoms with E-state index in [-0.39, 0.29) is 12.5 Å². The van der Waals surface area contributed by atoms with Gasteiger partial charge in [0.1, 0.15) is 11.5 Å². The number of amides is 1. The van der Waals surface area contributed by atoms with Crippen LogP contribution in [0.15, 0.2) is 42.5 Å². The van der Waals surface area contributed by atoms with Crippen molar-refractivity contribution >= 4 is 5.91 Å². The Bertz CT molecular complexity index is 667. The average molecular weight is 313 g/mol. The lowest BCUT2D eigenvalue weighted by Crippen LogP contribution is -2.30. The zero-order valence-electron chi connectivity index (χ0n) is 13.9. The van der Waals surface area contributed by atoms with Crippen molar-refractivity contribution in [2.24, 2.45) is 0 Å². The molecule has 0 unspecified atom stereocenters. The van der Waals surface area contributed by atoms with E-state index in [9.17, 15) is 4.79 Å². The third kappa shape index (κ3) is 4.74. The van der Waals surface area contributed by atoms with E-state index in [1.807, 2.05) is 56.3 Å². The van der Waals surface area contributed by atoms with Gasteiger partial charge in [0.2, 0.25) is 0 Å². The third-order valence-corrected chi connectivity index (χ3v) is 3.82. The van der Waals surface area contributed by atoms with Gasteiger partial charge in [-0.25, -0.2) is 0 Å². The maximum absolute atomic E-state index is 11.9. The second-order valence-corrected chi connectivity index (χ2v) is 5.40. The zero-order chi connectivity index (χ0) is 16.7. The highest BCUT2D eigenvalue weighted by Crippen LogP contribution is 2.20. The predicted molar refractivity (Wildman–Crippen MR) is 91.1 cm³/mol. The molecule has 0 spiro atoms. The van der Waals surface area contributed by atoms with Crippen LogP contribution in [0.1, 0.15) is 16.7 Å². The molecular weight excluding hydrogens is 290 g/mol. The molecule has 23 heavy (non-hydrogen) atoms. The number of methoxy groups -OCH3 is 1. The maximum Gasteiger partial charge on any atom is 0.257 e. The van der Waals surface area contributed by atoms with Crippen molar-refractivity contribution in [3.63, 3.8) is 0 Å². The third-order valence-electron chi connectivity index (χ3n) is 3.82. The summed E-state index contributed by atoms with van der Waals surface area (Å²) in [6.45, 7) is 4.59. The molecule has 1 amide bonds. The molecule has 0 atom stereocenters. The van der Waals surface area contributed by atoms with Gasteiger partial charge in [0.25, 0.3) is 5.91 Å². The number of benzene rings is 2. The van der Waals surface area contributed by atoms with Crippen molar-refractivity contribution in [1.29, 1.82) is 0 Å². The summed E-state index contributed by atoms with van der Waals surface area (Å²) in [7, 11) is 1.65. The topological polar surface area (TPSA) is 47.6 Å². The lowest BCUT2D eigenvalue weighted by molar-refractivity contribution is -0.123. The fourth-order valence-electron chi connectivity index (χ4n) is 2.32. The van der Waals surface area contributed by atoms with Crippen LogP contribution in [0.5, 0.6) is 11.5 Å². The van der Waals surface area contributed by atoms with Crippen LogP contribution in [0.4, 0.5) is 0 Å². The highest BCUT2D eigenvalue weighted by molar-refractivity contribution is 5.77. The SMILES string of the molecule is COc1ccccc1CCNC(=O)COc1cccc(C)c1C. The van der Waals surface area contributed by atoms with Crippen LogP contribution in [-0.2, 0) is 11.2 Å². The van der Waals surface area contributed by atoms with Gasteiger partial charge in [0.05, 0.1) is 7.11 Å². The van der Waals surface area contributed by atoms with E-state index in [0.29, 0.717) is 6.54 Å². The maximum atomic E-state index is 11.9. The molecule has 2 rings (SSSR count). The van der Waals surface area contributed by atoms with Crippen molar-refractivity contribution in [2.75, 3.05) is 20.3 Å². The number of ether oxygens (including phenoxy) is 2. The van der Waals surface area contributed by atoms with Gasteiger partial charge in [0, 0.05) is 6.54 Å². The van der Waals surface area contributed by atoms with Crippen molar-refractivity contribution in [1.82, 2.24) is 5.32 Å². The Morgan fingerprint density at radius 1 is 1.04 bits per heavy atom. The number of nitrogens with one attached hydrogen (secondary N) is 1. The van der Waals surface area contributed by atoms with Crippen molar-refractivity contribution in [3.8, 4) is 11.5 Å². The van der Waals surface area contributed by atoms with Crippen LogP contribution in [-0.4, -0.2) is 26.2 Å². The molecule has 2 aromatic rings. The van der Waals surface area contributed by atoms with Crippen LogP contribution in [0.2, 0.25) is 0 Å². The Morgan fingerprint density at radius 2 is 1.78 bits per heavy atom. The van der Waals surface area contributed by atoms with Gasteiger partial charge in [-0.2, -0.15) is 0 Å². The summed E-state index contributed by atoms with van der Waals surface area (Å²) in [6.07, 6.45) is 0.721. The van der Waals surface area contributed by atoms with Gasteiger partial charge < -0.3 is 14.8 Å². The van der Waals surface area contributed by atoms with Crippen molar-refractivity contribution in [3.05, 3.63) is 59.2 Å². The Labute approximate surface area is 137 Å². The molecule has 0 fully saturated rings. The quantitative estimate of drug-likeness (QED) is 0.854. The fraction of sp³-hybridized carbons (Fsp3) is 0.316. The highest BCUT2D eigenvalue weighted by atomic mass is 16.5. The van der Waals surface area contributed by atoms with Crippen LogP contribution in [0.3, 0.4) is 0 Å². The summed E-state index contributed by atoms with van der Waals surface area (Å²) in [5.41, 5.74) is 3.29. The van der Waals surface area contributed by atoms with Crippen molar-refractivity contribution < 1.29 is 14.3 Å². The van der Waals surface area contributed by atoms with Gasteiger partial charge in [-0.3, -0.25) is 4.79 Å². The number of hydrogen-bond donors (Lipinski definition) is 1. The number of carbonyl (C=O) groups excluding carboxylic acids is 1. The summed E-state index contributed by atoms with van der Waals surface area (Å²) >= 11 is 0. The van der Waals surface area contributed by atoms with Crippen LogP contribution < -0.4 is 14.8 Å². The van der Waals surface area contributed by atoms with Gasteiger partial charge in [0.15, 0.2) is 6.61 Å². The molecular formula is C19H23NO3. The first-order valence-electron chi connectivity index (χ1n) is 7.69. The van der Waals surface area contributed by atoms with E-state index < -0.39 is 0 Å². The minimum absolute atomic E-state index is 0.0240. The minimum atomic E-state index is -0.124. The molecule has 0 saturated heterocycles. The Balaban J connectivity index is 1.78. The van der Waals surface area contributed by atoms with Crippen LogP contribution >= 0.6 is 0 Å². The van der Waals surface area contributed by atoms with Gasteiger partial charge in [-0.1, -0.05) is 30.3 Å². The molecule has 0 radical (unpaired) electrons. The monoisotopic (exact) mass is 313 g/mol. The summed E-state index contributed by atoms with van der Waals surface area (Å²) < 4.78 is 10.9. The normalized spacial score (nSPS) is 10.2. The van der Waals surface area contributed by atoms with E-state index in [1.165, 1.54) is 0 Å². The Hall–Kier alpha value is -2.49. The van der Waals surface area contributed by atoms with Crippen LogP contribution in [0.25, 0.3) is 0 Å². The van der Waals surface area contributed by atoms with E-state index in [0.717, 1.165) is 34.6 Å². The molecule has 0 aliphatic rings. The molecule has 0 aromatic heterocycles. The predicted octanol–water partition coefficient (Wildman–Crippen LogP) is 3.05. The molecule has 122 valence electrons. The number of aryl methyl sites for hydroxylation is 1. The second-order valence-electron chi connectivity index (χ2n) is 5.40. The van der Waals surface area contributed by atoms with Gasteiger partial charge in [-0.05, 0) is 49.1 Å². The molecule has 4 nitrogen and oxygen atoms in total. The average Bonchev–Trinajstić information content (AvgIpc) is 2.56. The van der Waals surface area contributed by atoms with E-state index >= 15 is 0 Å². The smallest absolute Gasteiger partial charge is 0.257 e.